The first kappa shape index (κ1) is 16.1. The Labute approximate surface area is 146 Å². The number of allylic oxidation sites excluding steroid dienone is 2. The Morgan fingerprint density at radius 3 is 3.17 bits per heavy atom. The van der Waals surface area contributed by atoms with E-state index in [0.717, 1.165) is 4.48 Å². The summed E-state index contributed by atoms with van der Waals surface area (Å²) in [6.07, 6.45) is 7.78. The van der Waals surface area contributed by atoms with Crippen LogP contribution in [0.1, 0.15) is 23.9 Å². The number of halogens is 2. The number of furan rings is 1. The SMILES string of the molecule is CCOC(=O)c1oc2ccncc2c1NC1CC=C(Br)C=C1Cl. The highest BCUT2D eigenvalue weighted by molar-refractivity contribution is 9.11. The van der Waals surface area contributed by atoms with Crippen molar-refractivity contribution in [1.29, 1.82) is 0 Å². The molecule has 1 N–H and O–H groups in total. The highest BCUT2D eigenvalue weighted by Crippen LogP contribution is 2.34. The quantitative estimate of drug-likeness (QED) is 0.764. The van der Waals surface area contributed by atoms with Gasteiger partial charge in [-0.05, 0) is 25.5 Å². The molecule has 0 spiro atoms. The van der Waals surface area contributed by atoms with Crippen molar-refractivity contribution in [3.63, 3.8) is 0 Å². The molecule has 0 aromatic carbocycles. The molecule has 2 heterocycles. The Morgan fingerprint density at radius 1 is 1.61 bits per heavy atom. The van der Waals surface area contributed by atoms with Crippen molar-refractivity contribution in [3.8, 4) is 0 Å². The molecular formula is C16H14BrClN2O3. The van der Waals surface area contributed by atoms with Gasteiger partial charge in [0, 0.05) is 21.9 Å². The van der Waals surface area contributed by atoms with Gasteiger partial charge in [0.05, 0.1) is 23.7 Å². The van der Waals surface area contributed by atoms with Crippen LogP contribution in [-0.2, 0) is 4.74 Å². The maximum Gasteiger partial charge on any atom is 0.376 e. The van der Waals surface area contributed by atoms with Crippen LogP contribution in [-0.4, -0.2) is 23.6 Å². The average molecular weight is 398 g/mol. The summed E-state index contributed by atoms with van der Waals surface area (Å²) in [4.78, 5) is 16.3. The van der Waals surface area contributed by atoms with Crippen LogP contribution in [0.4, 0.5) is 5.69 Å². The Kier molecular flexibility index (Phi) is 4.73. The van der Waals surface area contributed by atoms with Crippen LogP contribution < -0.4 is 5.32 Å². The van der Waals surface area contributed by atoms with Gasteiger partial charge in [0.2, 0.25) is 5.76 Å². The van der Waals surface area contributed by atoms with Gasteiger partial charge in [-0.1, -0.05) is 33.6 Å². The maximum absolute atomic E-state index is 12.2. The standard InChI is InChI=1S/C16H14BrClN2O3/c1-2-22-16(21)15-14(10-8-19-6-5-13(10)23-15)20-12-4-3-9(17)7-11(12)18/h3,5-8,12,20H,2,4H2,1H3. The first-order chi connectivity index (χ1) is 11.1. The molecule has 5 nitrogen and oxygen atoms in total. The van der Waals surface area contributed by atoms with Gasteiger partial charge < -0.3 is 14.5 Å². The van der Waals surface area contributed by atoms with Crippen molar-refractivity contribution in [2.24, 2.45) is 0 Å². The second-order valence-electron chi connectivity index (χ2n) is 4.95. The summed E-state index contributed by atoms with van der Waals surface area (Å²) in [6, 6.07) is 1.56. The first-order valence-electron chi connectivity index (χ1n) is 7.13. The molecule has 0 aliphatic heterocycles. The fraction of sp³-hybridized carbons (Fsp3) is 0.250. The Balaban J connectivity index is 2.00. The van der Waals surface area contributed by atoms with Gasteiger partial charge in [-0.2, -0.15) is 0 Å². The van der Waals surface area contributed by atoms with Gasteiger partial charge in [-0.15, -0.1) is 0 Å². The molecule has 3 rings (SSSR count). The van der Waals surface area contributed by atoms with E-state index in [9.17, 15) is 4.79 Å². The van der Waals surface area contributed by atoms with Gasteiger partial charge in [-0.3, -0.25) is 4.98 Å². The minimum atomic E-state index is -0.515. The lowest BCUT2D eigenvalue weighted by Gasteiger charge is -2.20. The highest BCUT2D eigenvalue weighted by Gasteiger charge is 2.25. The van der Waals surface area contributed by atoms with Crippen molar-refractivity contribution in [2.75, 3.05) is 11.9 Å². The van der Waals surface area contributed by atoms with Crippen LogP contribution in [0, 0.1) is 0 Å². The number of hydrogen-bond donors (Lipinski definition) is 1. The summed E-state index contributed by atoms with van der Waals surface area (Å²) in [5.74, 6) is -0.383. The number of anilines is 1. The number of esters is 1. The molecule has 1 atom stereocenters. The molecule has 120 valence electrons. The lowest BCUT2D eigenvalue weighted by Crippen LogP contribution is -2.22. The lowest BCUT2D eigenvalue weighted by molar-refractivity contribution is 0.0494. The second kappa shape index (κ2) is 6.76. The van der Waals surface area contributed by atoms with E-state index in [-0.39, 0.29) is 18.4 Å². The molecule has 1 aliphatic rings. The number of nitrogens with one attached hydrogen (secondary N) is 1. The van der Waals surface area contributed by atoms with Gasteiger partial charge in [0.25, 0.3) is 0 Å². The van der Waals surface area contributed by atoms with Crippen molar-refractivity contribution in [1.82, 2.24) is 4.98 Å². The minimum absolute atomic E-state index is 0.132. The summed E-state index contributed by atoms with van der Waals surface area (Å²) in [5.41, 5.74) is 1.12. The highest BCUT2D eigenvalue weighted by atomic mass is 79.9. The number of nitrogens with zero attached hydrogens (tertiary/aromatic N) is 1. The van der Waals surface area contributed by atoms with Crippen molar-refractivity contribution >= 4 is 50.2 Å². The molecule has 7 heteroatoms. The Hall–Kier alpha value is -1.79. The minimum Gasteiger partial charge on any atom is -0.460 e. The van der Waals surface area contributed by atoms with Crippen molar-refractivity contribution in [3.05, 3.63) is 45.9 Å². The first-order valence-corrected chi connectivity index (χ1v) is 8.30. The maximum atomic E-state index is 12.2. The Morgan fingerprint density at radius 2 is 2.43 bits per heavy atom. The molecule has 0 bridgehead atoms. The van der Waals surface area contributed by atoms with Crippen molar-refractivity contribution in [2.45, 2.75) is 19.4 Å². The third kappa shape index (κ3) is 3.28. The zero-order valence-electron chi connectivity index (χ0n) is 12.3. The predicted octanol–water partition coefficient (Wildman–Crippen LogP) is 4.59. The monoisotopic (exact) mass is 396 g/mol. The summed E-state index contributed by atoms with van der Waals surface area (Å²) in [7, 11) is 0. The van der Waals surface area contributed by atoms with E-state index in [1.165, 1.54) is 0 Å². The van der Waals surface area contributed by atoms with Gasteiger partial charge >= 0.3 is 5.97 Å². The van der Waals surface area contributed by atoms with E-state index in [4.69, 9.17) is 20.8 Å². The molecule has 2 aromatic heterocycles. The number of carbonyl (C=O) groups excluding carboxylic acids is 1. The van der Waals surface area contributed by atoms with Crippen LogP contribution in [0.25, 0.3) is 11.0 Å². The number of aromatic nitrogens is 1. The third-order valence-corrected chi connectivity index (χ3v) is 4.35. The van der Waals surface area contributed by atoms with Gasteiger partial charge in [0.15, 0.2) is 0 Å². The number of fused-ring (bicyclic) bond motifs is 1. The predicted molar refractivity (Wildman–Crippen MR) is 92.9 cm³/mol. The summed E-state index contributed by atoms with van der Waals surface area (Å²) in [5, 5.41) is 4.64. The topological polar surface area (TPSA) is 64.4 Å². The molecule has 23 heavy (non-hydrogen) atoms. The van der Waals surface area contributed by atoms with Crippen LogP contribution in [0.3, 0.4) is 0 Å². The van der Waals surface area contributed by atoms with Crippen LogP contribution in [0.15, 0.2) is 44.5 Å². The normalized spacial score (nSPS) is 17.6. The summed E-state index contributed by atoms with van der Waals surface area (Å²) >= 11 is 9.71. The van der Waals surface area contributed by atoms with Gasteiger partial charge in [-0.25, -0.2) is 4.79 Å². The van der Waals surface area contributed by atoms with Gasteiger partial charge in [0.1, 0.15) is 5.58 Å². The summed E-state index contributed by atoms with van der Waals surface area (Å²) < 4.78 is 11.7. The Bertz CT molecular complexity index is 813. The molecule has 1 aliphatic carbocycles. The fourth-order valence-electron chi connectivity index (χ4n) is 2.36. The second-order valence-corrected chi connectivity index (χ2v) is 6.30. The summed E-state index contributed by atoms with van der Waals surface area (Å²) in [6.45, 7) is 2.02. The number of rotatable bonds is 4. The molecule has 0 saturated carbocycles. The molecular weight excluding hydrogens is 384 g/mol. The largest absolute Gasteiger partial charge is 0.460 e. The van der Waals surface area contributed by atoms with Crippen LogP contribution >= 0.6 is 27.5 Å². The van der Waals surface area contributed by atoms with E-state index in [2.05, 4.69) is 26.2 Å². The smallest absolute Gasteiger partial charge is 0.376 e. The number of ether oxygens (including phenoxy) is 1. The van der Waals surface area contributed by atoms with Crippen LogP contribution in [0.2, 0.25) is 0 Å². The number of pyridine rings is 1. The fourth-order valence-corrected chi connectivity index (χ4v) is 3.19. The van der Waals surface area contributed by atoms with E-state index in [1.54, 1.807) is 25.4 Å². The molecule has 0 saturated heterocycles. The van der Waals surface area contributed by atoms with Crippen molar-refractivity contribution < 1.29 is 13.9 Å². The molecule has 1 unspecified atom stereocenters. The number of carbonyl (C=O) groups is 1. The molecule has 2 aromatic rings. The lowest BCUT2D eigenvalue weighted by atomic mass is 10.1. The third-order valence-electron chi connectivity index (χ3n) is 3.43. The van der Waals surface area contributed by atoms with E-state index in [1.807, 2.05) is 12.2 Å². The van der Waals surface area contributed by atoms with Crippen LogP contribution in [0.5, 0.6) is 0 Å². The average Bonchev–Trinajstić information content (AvgIpc) is 2.89. The zero-order valence-corrected chi connectivity index (χ0v) is 14.6. The zero-order chi connectivity index (χ0) is 16.4. The number of hydrogen-bond acceptors (Lipinski definition) is 5. The van der Waals surface area contributed by atoms with E-state index in [0.29, 0.717) is 28.1 Å². The van der Waals surface area contributed by atoms with E-state index < -0.39 is 5.97 Å². The molecule has 0 radical (unpaired) electrons. The molecule has 0 amide bonds. The molecule has 0 fully saturated rings. The van der Waals surface area contributed by atoms with E-state index >= 15 is 0 Å².